The third-order valence-corrected chi connectivity index (χ3v) is 4.50. The van der Waals surface area contributed by atoms with Crippen molar-refractivity contribution >= 4 is 23.4 Å². The second-order valence-electron chi connectivity index (χ2n) is 5.81. The molecule has 0 radical (unpaired) electrons. The summed E-state index contributed by atoms with van der Waals surface area (Å²) < 4.78 is 0. The lowest BCUT2D eigenvalue weighted by atomic mass is 10.2. The zero-order chi connectivity index (χ0) is 16.7. The Morgan fingerprint density at radius 2 is 1.57 bits per heavy atom. The van der Waals surface area contributed by atoms with Crippen LogP contribution in [0, 0.1) is 13.8 Å². The molecular weight excluding hydrogens is 304 g/mol. The van der Waals surface area contributed by atoms with Gasteiger partial charge in [-0.1, -0.05) is 35.4 Å². The Kier molecular flexibility index (Phi) is 6.68. The fraction of sp³-hybridized carbons (Fsp3) is 0.316. The van der Waals surface area contributed by atoms with E-state index < -0.39 is 0 Å². The fourth-order valence-electron chi connectivity index (χ4n) is 2.12. The number of nitrogens with zero attached hydrogens (tertiary/aromatic N) is 1. The van der Waals surface area contributed by atoms with Gasteiger partial charge in [-0.15, -0.1) is 11.8 Å². The number of likely N-dealkylation sites (N-methyl/N-ethyl adjacent to an activating group) is 1. The molecule has 0 heterocycles. The number of carbonyl (C=O) groups is 1. The number of hydrogen-bond donors (Lipinski definition) is 1. The lowest BCUT2D eigenvalue weighted by Crippen LogP contribution is -2.31. The number of anilines is 1. The van der Waals surface area contributed by atoms with Gasteiger partial charge in [-0.05, 0) is 45.2 Å². The Bertz CT molecular complexity index is 623. The van der Waals surface area contributed by atoms with Gasteiger partial charge < -0.3 is 5.32 Å². The van der Waals surface area contributed by atoms with Crippen LogP contribution in [0.5, 0.6) is 0 Å². The highest BCUT2D eigenvalue weighted by molar-refractivity contribution is 7.99. The molecule has 0 saturated heterocycles. The summed E-state index contributed by atoms with van der Waals surface area (Å²) in [4.78, 5) is 15.3. The van der Waals surface area contributed by atoms with Crippen LogP contribution in [0.1, 0.15) is 11.1 Å². The molecule has 0 atom stereocenters. The number of hydrogen-bond acceptors (Lipinski definition) is 3. The number of carbonyl (C=O) groups excluding carboxylic acids is 1. The quantitative estimate of drug-likeness (QED) is 0.781. The summed E-state index contributed by atoms with van der Waals surface area (Å²) in [7, 11) is 1.98. The Morgan fingerprint density at radius 3 is 2.17 bits per heavy atom. The van der Waals surface area contributed by atoms with Crippen molar-refractivity contribution in [2.75, 3.05) is 31.2 Å². The maximum Gasteiger partial charge on any atom is 0.238 e. The van der Waals surface area contributed by atoms with Gasteiger partial charge in [0.05, 0.1) is 6.54 Å². The molecule has 0 unspecified atom stereocenters. The van der Waals surface area contributed by atoms with Gasteiger partial charge in [0, 0.05) is 22.9 Å². The first-order valence-electron chi connectivity index (χ1n) is 7.77. The Labute approximate surface area is 143 Å². The normalized spacial score (nSPS) is 10.8. The van der Waals surface area contributed by atoms with E-state index in [4.69, 9.17) is 0 Å². The van der Waals surface area contributed by atoms with Crippen molar-refractivity contribution in [2.24, 2.45) is 0 Å². The highest BCUT2D eigenvalue weighted by Crippen LogP contribution is 2.18. The van der Waals surface area contributed by atoms with E-state index >= 15 is 0 Å². The van der Waals surface area contributed by atoms with Gasteiger partial charge in [0.25, 0.3) is 0 Å². The van der Waals surface area contributed by atoms with Crippen molar-refractivity contribution in [1.29, 1.82) is 0 Å². The van der Waals surface area contributed by atoms with Crippen LogP contribution in [0.3, 0.4) is 0 Å². The summed E-state index contributed by atoms with van der Waals surface area (Å²) in [5, 5.41) is 2.93. The smallest absolute Gasteiger partial charge is 0.238 e. The number of aryl methyl sites for hydroxylation is 2. The first kappa shape index (κ1) is 17.6. The van der Waals surface area contributed by atoms with Crippen molar-refractivity contribution in [3.8, 4) is 0 Å². The largest absolute Gasteiger partial charge is 0.325 e. The Balaban J connectivity index is 1.69. The summed E-state index contributed by atoms with van der Waals surface area (Å²) >= 11 is 1.82. The average molecular weight is 328 g/mol. The van der Waals surface area contributed by atoms with Crippen molar-refractivity contribution in [3.63, 3.8) is 0 Å². The van der Waals surface area contributed by atoms with Gasteiger partial charge in [0.15, 0.2) is 0 Å². The van der Waals surface area contributed by atoms with Crippen LogP contribution < -0.4 is 5.32 Å². The van der Waals surface area contributed by atoms with E-state index in [0.29, 0.717) is 6.54 Å². The number of thioether (sulfide) groups is 1. The van der Waals surface area contributed by atoms with Crippen LogP contribution >= 0.6 is 11.8 Å². The fourth-order valence-corrected chi connectivity index (χ4v) is 3.08. The van der Waals surface area contributed by atoms with Gasteiger partial charge in [0.1, 0.15) is 0 Å². The monoisotopic (exact) mass is 328 g/mol. The van der Waals surface area contributed by atoms with Crippen LogP contribution in [0.25, 0.3) is 0 Å². The zero-order valence-electron chi connectivity index (χ0n) is 14.0. The zero-order valence-corrected chi connectivity index (χ0v) is 14.8. The molecule has 0 aromatic heterocycles. The van der Waals surface area contributed by atoms with E-state index in [1.54, 1.807) is 0 Å². The summed E-state index contributed by atoms with van der Waals surface area (Å²) in [6.45, 7) is 5.40. The highest BCUT2D eigenvalue weighted by atomic mass is 32.2. The minimum absolute atomic E-state index is 0.0247. The van der Waals surface area contributed by atoms with Crippen LogP contribution in [0.4, 0.5) is 5.69 Å². The van der Waals surface area contributed by atoms with Crippen LogP contribution in [-0.4, -0.2) is 36.7 Å². The third-order valence-electron chi connectivity index (χ3n) is 3.51. The highest BCUT2D eigenvalue weighted by Gasteiger charge is 2.07. The molecule has 1 amide bonds. The molecule has 2 aromatic rings. The molecule has 0 saturated carbocycles. The predicted molar refractivity (Wildman–Crippen MR) is 99.2 cm³/mol. The van der Waals surface area contributed by atoms with E-state index in [0.717, 1.165) is 18.0 Å². The van der Waals surface area contributed by atoms with Gasteiger partial charge in [-0.25, -0.2) is 0 Å². The molecule has 122 valence electrons. The molecule has 1 N–H and O–H groups in total. The molecule has 23 heavy (non-hydrogen) atoms. The molecule has 3 nitrogen and oxygen atoms in total. The van der Waals surface area contributed by atoms with Gasteiger partial charge in [-0.2, -0.15) is 0 Å². The van der Waals surface area contributed by atoms with Crippen LogP contribution in [0.15, 0.2) is 53.4 Å². The molecule has 0 fully saturated rings. The third kappa shape index (κ3) is 6.47. The minimum atomic E-state index is 0.0247. The SMILES string of the molecule is Cc1ccc(NC(=O)CN(C)CCSc2ccc(C)cc2)cc1. The first-order valence-corrected chi connectivity index (χ1v) is 8.76. The molecule has 2 rings (SSSR count). The predicted octanol–water partition coefficient (Wildman–Crippen LogP) is 3.97. The lowest BCUT2D eigenvalue weighted by Gasteiger charge is -2.16. The lowest BCUT2D eigenvalue weighted by molar-refractivity contribution is -0.117. The standard InChI is InChI=1S/C19H24N2OS/c1-15-4-8-17(9-5-15)20-19(22)14-21(3)12-13-23-18-10-6-16(2)7-11-18/h4-11H,12-14H2,1-3H3,(H,20,22). The summed E-state index contributed by atoms with van der Waals surface area (Å²) in [6.07, 6.45) is 0. The van der Waals surface area contributed by atoms with Gasteiger partial charge >= 0.3 is 0 Å². The average Bonchev–Trinajstić information content (AvgIpc) is 2.51. The summed E-state index contributed by atoms with van der Waals surface area (Å²) in [5.74, 6) is 0.994. The Morgan fingerprint density at radius 1 is 1.00 bits per heavy atom. The molecular formula is C19H24N2OS. The van der Waals surface area contributed by atoms with Crippen molar-refractivity contribution in [2.45, 2.75) is 18.7 Å². The van der Waals surface area contributed by atoms with E-state index in [-0.39, 0.29) is 5.91 Å². The number of benzene rings is 2. The van der Waals surface area contributed by atoms with Gasteiger partial charge in [-0.3, -0.25) is 9.69 Å². The topological polar surface area (TPSA) is 32.3 Å². The van der Waals surface area contributed by atoms with Crippen molar-refractivity contribution in [1.82, 2.24) is 4.90 Å². The number of nitrogens with one attached hydrogen (secondary N) is 1. The summed E-state index contributed by atoms with van der Waals surface area (Å²) in [5.41, 5.74) is 3.32. The maximum absolute atomic E-state index is 12.0. The molecule has 2 aromatic carbocycles. The molecule has 0 aliphatic heterocycles. The van der Waals surface area contributed by atoms with Crippen molar-refractivity contribution < 1.29 is 4.79 Å². The van der Waals surface area contributed by atoms with Crippen LogP contribution in [0.2, 0.25) is 0 Å². The van der Waals surface area contributed by atoms with Crippen molar-refractivity contribution in [3.05, 3.63) is 59.7 Å². The second kappa shape index (κ2) is 8.75. The molecule has 0 aliphatic rings. The van der Waals surface area contributed by atoms with Crippen LogP contribution in [-0.2, 0) is 4.79 Å². The van der Waals surface area contributed by atoms with E-state index in [1.807, 2.05) is 54.9 Å². The summed E-state index contributed by atoms with van der Waals surface area (Å²) in [6, 6.07) is 16.4. The van der Waals surface area contributed by atoms with E-state index in [2.05, 4.69) is 36.5 Å². The maximum atomic E-state index is 12.0. The van der Waals surface area contributed by atoms with E-state index in [9.17, 15) is 4.79 Å². The molecule has 0 aliphatic carbocycles. The second-order valence-corrected chi connectivity index (χ2v) is 6.98. The first-order chi connectivity index (χ1) is 11.0. The number of amides is 1. The molecule has 0 spiro atoms. The minimum Gasteiger partial charge on any atom is -0.325 e. The Hall–Kier alpha value is -1.78. The molecule has 0 bridgehead atoms. The van der Waals surface area contributed by atoms with Gasteiger partial charge in [0.2, 0.25) is 5.91 Å². The number of rotatable bonds is 7. The van der Waals surface area contributed by atoms with E-state index in [1.165, 1.54) is 16.0 Å². The molecule has 4 heteroatoms.